The summed E-state index contributed by atoms with van der Waals surface area (Å²) < 4.78 is 5.20. The summed E-state index contributed by atoms with van der Waals surface area (Å²) in [6.07, 6.45) is 2.03. The molecule has 14 heavy (non-hydrogen) atoms. The maximum Gasteiger partial charge on any atom is 0.225 e. The molecule has 1 heterocycles. The number of unbranched alkanes of at least 4 members (excludes halogenated alkanes) is 1. The summed E-state index contributed by atoms with van der Waals surface area (Å²) in [5, 5.41) is 6.01. The van der Waals surface area contributed by atoms with E-state index in [1.165, 1.54) is 0 Å². The minimum atomic E-state index is 0.195. The minimum Gasteiger partial charge on any atom is -0.382 e. The van der Waals surface area contributed by atoms with Gasteiger partial charge in [0.15, 0.2) is 0 Å². The molecule has 4 nitrogen and oxygen atoms in total. The smallest absolute Gasteiger partial charge is 0.225 e. The lowest BCUT2D eigenvalue weighted by atomic mass is 10.0. The Morgan fingerprint density at radius 2 is 2.29 bits per heavy atom. The van der Waals surface area contributed by atoms with Gasteiger partial charge in [0.05, 0.1) is 5.92 Å². The van der Waals surface area contributed by atoms with Crippen LogP contribution in [-0.2, 0) is 9.53 Å². The quantitative estimate of drug-likeness (QED) is 0.575. The van der Waals surface area contributed by atoms with Crippen molar-refractivity contribution in [1.29, 1.82) is 0 Å². The van der Waals surface area contributed by atoms with Crippen LogP contribution >= 0.6 is 0 Å². The molecule has 0 saturated carbocycles. The van der Waals surface area contributed by atoms with Crippen LogP contribution in [0.2, 0.25) is 0 Å². The predicted molar refractivity (Wildman–Crippen MR) is 55.1 cm³/mol. The molecule has 0 aromatic carbocycles. The molecule has 1 rings (SSSR count). The van der Waals surface area contributed by atoms with Crippen molar-refractivity contribution in [3.05, 3.63) is 0 Å². The third-order valence-electron chi connectivity index (χ3n) is 2.37. The van der Waals surface area contributed by atoms with Gasteiger partial charge in [-0.1, -0.05) is 0 Å². The Bertz CT molecular complexity index is 170. The highest BCUT2D eigenvalue weighted by atomic mass is 16.5. The zero-order chi connectivity index (χ0) is 10.2. The molecule has 82 valence electrons. The maximum atomic E-state index is 11.3. The monoisotopic (exact) mass is 200 g/mol. The zero-order valence-electron chi connectivity index (χ0n) is 8.84. The van der Waals surface area contributed by atoms with E-state index in [9.17, 15) is 4.79 Å². The number of amides is 1. The average molecular weight is 200 g/mol. The Kier molecular flexibility index (Phi) is 5.56. The van der Waals surface area contributed by atoms with E-state index in [-0.39, 0.29) is 11.8 Å². The lowest BCUT2D eigenvalue weighted by molar-refractivity contribution is -0.126. The Balaban J connectivity index is 1.85. The van der Waals surface area contributed by atoms with Crippen LogP contribution in [0.5, 0.6) is 0 Å². The van der Waals surface area contributed by atoms with Gasteiger partial charge >= 0.3 is 0 Å². The Hall–Kier alpha value is -0.610. The summed E-state index contributed by atoms with van der Waals surface area (Å²) in [7, 11) is 0. The van der Waals surface area contributed by atoms with Gasteiger partial charge in [-0.15, -0.1) is 0 Å². The van der Waals surface area contributed by atoms with Gasteiger partial charge < -0.3 is 15.4 Å². The van der Waals surface area contributed by atoms with Gasteiger partial charge in [-0.05, 0) is 19.8 Å². The Morgan fingerprint density at radius 1 is 1.50 bits per heavy atom. The largest absolute Gasteiger partial charge is 0.382 e. The molecule has 0 radical (unpaired) electrons. The molecule has 1 saturated heterocycles. The van der Waals surface area contributed by atoms with Crippen molar-refractivity contribution in [1.82, 2.24) is 10.6 Å². The van der Waals surface area contributed by atoms with E-state index in [0.29, 0.717) is 0 Å². The van der Waals surface area contributed by atoms with E-state index in [4.69, 9.17) is 4.74 Å². The molecular formula is C10H20N2O2. The van der Waals surface area contributed by atoms with Crippen molar-refractivity contribution in [3.8, 4) is 0 Å². The third kappa shape index (κ3) is 4.07. The van der Waals surface area contributed by atoms with Crippen LogP contribution < -0.4 is 10.6 Å². The lowest BCUT2D eigenvalue weighted by Gasteiger charge is -2.25. The molecule has 1 amide bonds. The fraction of sp³-hybridized carbons (Fsp3) is 0.900. The highest BCUT2D eigenvalue weighted by Gasteiger charge is 2.23. The summed E-state index contributed by atoms with van der Waals surface area (Å²) in [4.78, 5) is 11.3. The van der Waals surface area contributed by atoms with Crippen molar-refractivity contribution in [2.75, 3.05) is 32.8 Å². The number of hydrogen-bond donors (Lipinski definition) is 2. The number of rotatable bonds is 7. The molecule has 0 atom stereocenters. The van der Waals surface area contributed by atoms with Gasteiger partial charge in [-0.3, -0.25) is 4.79 Å². The normalized spacial score (nSPS) is 16.4. The second-order valence-electron chi connectivity index (χ2n) is 3.55. The van der Waals surface area contributed by atoms with Crippen molar-refractivity contribution in [2.45, 2.75) is 19.8 Å². The second-order valence-corrected chi connectivity index (χ2v) is 3.55. The molecule has 0 unspecified atom stereocenters. The topological polar surface area (TPSA) is 50.4 Å². The highest BCUT2D eigenvalue weighted by Crippen LogP contribution is 2.01. The molecular weight excluding hydrogens is 180 g/mol. The minimum absolute atomic E-state index is 0.195. The zero-order valence-corrected chi connectivity index (χ0v) is 8.84. The van der Waals surface area contributed by atoms with E-state index in [1.54, 1.807) is 0 Å². The fourth-order valence-electron chi connectivity index (χ4n) is 1.30. The number of hydrogen-bond acceptors (Lipinski definition) is 3. The summed E-state index contributed by atoms with van der Waals surface area (Å²) in [6, 6.07) is 0. The van der Waals surface area contributed by atoms with Crippen molar-refractivity contribution < 1.29 is 9.53 Å². The van der Waals surface area contributed by atoms with Crippen LogP contribution in [0, 0.1) is 5.92 Å². The Labute approximate surface area is 85.4 Å². The fourth-order valence-corrected chi connectivity index (χ4v) is 1.30. The van der Waals surface area contributed by atoms with Gasteiger partial charge in [0.2, 0.25) is 5.91 Å². The van der Waals surface area contributed by atoms with Gasteiger partial charge in [0.1, 0.15) is 0 Å². The lowest BCUT2D eigenvalue weighted by Crippen LogP contribution is -2.50. The van der Waals surface area contributed by atoms with Gasteiger partial charge in [-0.2, -0.15) is 0 Å². The van der Waals surface area contributed by atoms with Crippen molar-refractivity contribution >= 4 is 5.91 Å². The van der Waals surface area contributed by atoms with E-state index >= 15 is 0 Å². The predicted octanol–water partition coefficient (Wildman–Crippen LogP) is 0.139. The summed E-state index contributed by atoms with van der Waals surface area (Å²) in [6.45, 7) is 6.03. The molecule has 1 aliphatic rings. The van der Waals surface area contributed by atoms with E-state index in [0.717, 1.165) is 45.7 Å². The van der Waals surface area contributed by atoms with Crippen molar-refractivity contribution in [3.63, 3.8) is 0 Å². The first-order valence-corrected chi connectivity index (χ1v) is 5.40. The van der Waals surface area contributed by atoms with Crippen LogP contribution in [0.3, 0.4) is 0 Å². The first-order valence-electron chi connectivity index (χ1n) is 5.40. The number of ether oxygens (including phenoxy) is 1. The summed E-state index contributed by atoms with van der Waals surface area (Å²) in [5.74, 6) is 0.405. The average Bonchev–Trinajstić information content (AvgIpc) is 2.08. The summed E-state index contributed by atoms with van der Waals surface area (Å²) in [5.41, 5.74) is 0. The molecule has 4 heteroatoms. The number of carbonyl (C=O) groups is 1. The van der Waals surface area contributed by atoms with E-state index < -0.39 is 0 Å². The number of nitrogens with one attached hydrogen (secondary N) is 2. The molecule has 0 bridgehead atoms. The van der Waals surface area contributed by atoms with Gasteiger partial charge in [0.25, 0.3) is 0 Å². The van der Waals surface area contributed by atoms with Gasteiger partial charge in [-0.25, -0.2) is 0 Å². The standard InChI is InChI=1S/C10H20N2O2/c1-2-14-6-4-3-5-12-10(13)9-7-11-8-9/h9,11H,2-8H2,1H3,(H,12,13). The van der Waals surface area contributed by atoms with Crippen LogP contribution in [0.15, 0.2) is 0 Å². The molecule has 1 fully saturated rings. The molecule has 2 N–H and O–H groups in total. The van der Waals surface area contributed by atoms with Crippen LogP contribution in [-0.4, -0.2) is 38.8 Å². The van der Waals surface area contributed by atoms with Crippen molar-refractivity contribution in [2.24, 2.45) is 5.92 Å². The second kappa shape index (κ2) is 6.79. The van der Waals surface area contributed by atoms with Crippen LogP contribution in [0.4, 0.5) is 0 Å². The Morgan fingerprint density at radius 3 is 2.86 bits per heavy atom. The number of carbonyl (C=O) groups excluding carboxylic acids is 1. The first kappa shape index (κ1) is 11.5. The third-order valence-corrected chi connectivity index (χ3v) is 2.37. The molecule has 0 spiro atoms. The molecule has 1 aliphatic heterocycles. The van der Waals surface area contributed by atoms with Crippen LogP contribution in [0.25, 0.3) is 0 Å². The maximum absolute atomic E-state index is 11.3. The SMILES string of the molecule is CCOCCCCNC(=O)C1CNC1. The first-order chi connectivity index (χ1) is 6.84. The van der Waals surface area contributed by atoms with Gasteiger partial charge in [0, 0.05) is 32.8 Å². The molecule has 0 aromatic heterocycles. The van der Waals surface area contributed by atoms with E-state index in [2.05, 4.69) is 10.6 Å². The molecule has 0 aliphatic carbocycles. The molecule has 0 aromatic rings. The summed E-state index contributed by atoms with van der Waals surface area (Å²) >= 11 is 0. The van der Waals surface area contributed by atoms with E-state index in [1.807, 2.05) is 6.92 Å². The highest BCUT2D eigenvalue weighted by molar-refractivity contribution is 5.79. The van der Waals surface area contributed by atoms with Crippen LogP contribution in [0.1, 0.15) is 19.8 Å².